The Labute approximate surface area is 237 Å². The Bertz CT molecular complexity index is 602. The van der Waals surface area contributed by atoms with Crippen LogP contribution in [0, 0.1) is 0 Å². The van der Waals surface area contributed by atoms with Crippen LogP contribution in [-0.4, -0.2) is 36.9 Å². The molecule has 0 amide bonds. The van der Waals surface area contributed by atoms with Crippen LogP contribution in [0.15, 0.2) is 34.1 Å². The summed E-state index contributed by atoms with van der Waals surface area (Å²) in [5, 5.41) is 0. The van der Waals surface area contributed by atoms with Crippen LogP contribution in [-0.2, 0) is 0 Å². The van der Waals surface area contributed by atoms with E-state index in [2.05, 4.69) is 89.3 Å². The van der Waals surface area contributed by atoms with E-state index < -0.39 is 36.8 Å². The minimum absolute atomic E-state index is 0.687. The molecule has 0 aliphatic carbocycles. The Balaban J connectivity index is 2.80. The second-order valence-corrected chi connectivity index (χ2v) is 49.9. The summed E-state index contributed by atoms with van der Waals surface area (Å²) in [6, 6.07) is 9.71. The van der Waals surface area contributed by atoms with E-state index in [1.165, 1.54) is 77.0 Å². The summed E-state index contributed by atoms with van der Waals surface area (Å²) in [4.78, 5) is 3.38. The second kappa shape index (κ2) is 17.3. The van der Waals surface area contributed by atoms with Crippen LogP contribution in [0.25, 0.3) is 0 Å². The fraction of sp³-hybridized carbons (Fsp3) is 0.806. The number of benzene rings is 1. The second-order valence-electron chi connectivity index (χ2n) is 11.4. The summed E-state index contributed by atoms with van der Waals surface area (Å²) in [6.07, 6.45) is 17.5. The zero-order valence-electron chi connectivity index (χ0n) is 24.4. The van der Waals surface area contributed by atoms with Gasteiger partial charge in [0, 0.05) is 0 Å². The molecule has 0 nitrogen and oxygen atoms in total. The van der Waals surface area contributed by atoms with Crippen LogP contribution in [0.2, 0.25) is 26.6 Å². The van der Waals surface area contributed by atoms with Crippen LogP contribution in [0.4, 0.5) is 0 Å². The standard InChI is InChI=1S/C7H4S2.6C4H9.2Sn/c1-2-4-7-6(3-1)8-5-9-7;6*1-3-4-2;;/h1-4H;6*1,3-4H2,2H3;;. The fourth-order valence-corrected chi connectivity index (χ4v) is 95.9. The van der Waals surface area contributed by atoms with Gasteiger partial charge in [-0.15, -0.1) is 0 Å². The monoisotopic (exact) mass is 734 g/mol. The van der Waals surface area contributed by atoms with Crippen molar-refractivity contribution in [1.82, 2.24) is 0 Å². The van der Waals surface area contributed by atoms with Gasteiger partial charge in [-0.3, -0.25) is 0 Å². The summed E-state index contributed by atoms with van der Waals surface area (Å²) in [5.41, 5.74) is 0. The van der Waals surface area contributed by atoms with Crippen molar-refractivity contribution in [1.29, 1.82) is 0 Å². The van der Waals surface area contributed by atoms with Gasteiger partial charge in [0.2, 0.25) is 0 Å². The molecule has 202 valence electrons. The topological polar surface area (TPSA) is 0 Å². The summed E-state index contributed by atoms with van der Waals surface area (Å²) < 4.78 is 10.8. The molecule has 4 heteroatoms. The Morgan fingerprint density at radius 1 is 0.486 bits per heavy atom. The third kappa shape index (κ3) is 8.02. The molecule has 1 aliphatic rings. The maximum atomic E-state index is 2.55. The molecule has 1 aromatic carbocycles. The van der Waals surface area contributed by atoms with Crippen LogP contribution in [0.1, 0.15) is 119 Å². The average Bonchev–Trinajstić information content (AvgIpc) is 3.30. The van der Waals surface area contributed by atoms with Crippen LogP contribution in [0.3, 0.4) is 0 Å². The molecule has 0 fully saturated rings. The maximum absolute atomic E-state index is 2.59. The van der Waals surface area contributed by atoms with Gasteiger partial charge in [-0.2, -0.15) is 0 Å². The van der Waals surface area contributed by atoms with Crippen molar-refractivity contribution in [3.63, 3.8) is 0 Å². The fourth-order valence-electron chi connectivity index (χ4n) is 6.77. The van der Waals surface area contributed by atoms with E-state index in [0.29, 0.717) is 0.111 Å². The van der Waals surface area contributed by atoms with E-state index >= 15 is 0 Å². The van der Waals surface area contributed by atoms with E-state index in [-0.39, 0.29) is 0 Å². The van der Waals surface area contributed by atoms with Crippen LogP contribution >= 0.6 is 23.5 Å². The first-order chi connectivity index (χ1) is 17.0. The molecule has 0 unspecified atom stereocenters. The molecule has 0 bridgehead atoms. The third-order valence-electron chi connectivity index (χ3n) is 8.81. The van der Waals surface area contributed by atoms with Gasteiger partial charge in [-0.25, -0.2) is 0 Å². The molecule has 1 heterocycles. The minimum atomic E-state index is -2.59. The molecule has 1 aromatic rings. The molecule has 0 atom stereocenters. The van der Waals surface area contributed by atoms with Crippen molar-refractivity contribution < 1.29 is 0 Å². The molecular weight excluding hydrogens is 674 g/mol. The SMILES string of the molecule is CCC[CH2][Sn]([CH2]CCC)([CH2]CCC)[C]1([Sn]([CH2]CCC)([CH2]CCC)[CH2]CCC)Sc2ccccc2S1. The first-order valence-corrected chi connectivity index (χ1v) is 32.1. The number of thioether (sulfide) groups is 2. The quantitative estimate of drug-likeness (QED) is 0.122. The average molecular weight is 732 g/mol. The van der Waals surface area contributed by atoms with Gasteiger partial charge in [0.05, 0.1) is 0 Å². The molecule has 0 radical (unpaired) electrons. The summed E-state index contributed by atoms with van der Waals surface area (Å²) in [7, 11) is 0. The van der Waals surface area contributed by atoms with E-state index in [0.717, 1.165) is 0 Å². The van der Waals surface area contributed by atoms with Gasteiger partial charge in [0.1, 0.15) is 0 Å². The van der Waals surface area contributed by atoms with Crippen molar-refractivity contribution in [3.8, 4) is 0 Å². The van der Waals surface area contributed by atoms with E-state index in [4.69, 9.17) is 0 Å². The van der Waals surface area contributed by atoms with Crippen LogP contribution < -0.4 is 0 Å². The first-order valence-electron chi connectivity index (χ1n) is 15.5. The zero-order valence-corrected chi connectivity index (χ0v) is 31.7. The van der Waals surface area contributed by atoms with E-state index in [9.17, 15) is 0 Å². The number of hydrogen-bond donors (Lipinski definition) is 0. The third-order valence-corrected chi connectivity index (χ3v) is 77.0. The normalized spacial score (nSPS) is 15.5. The van der Waals surface area contributed by atoms with Crippen molar-refractivity contribution in [3.05, 3.63) is 24.3 Å². The Hall–Kier alpha value is 1.52. The van der Waals surface area contributed by atoms with Crippen molar-refractivity contribution in [2.45, 2.75) is 155 Å². The number of rotatable bonds is 20. The zero-order chi connectivity index (χ0) is 25.6. The molecule has 0 spiro atoms. The predicted molar refractivity (Wildman–Crippen MR) is 171 cm³/mol. The molecule has 0 saturated carbocycles. The number of hydrogen-bond acceptors (Lipinski definition) is 2. The molecule has 0 aromatic heterocycles. The Kier molecular flexibility index (Phi) is 16.1. The molecule has 0 N–H and O–H groups in total. The summed E-state index contributed by atoms with van der Waals surface area (Å²) in [5.74, 6) is 0. The number of unbranched alkanes of at least 4 members (excludes halogenated alkanes) is 6. The van der Waals surface area contributed by atoms with Gasteiger partial charge in [0.25, 0.3) is 0 Å². The Morgan fingerprint density at radius 3 is 0.971 bits per heavy atom. The van der Waals surface area contributed by atoms with Gasteiger partial charge in [-0.1, -0.05) is 0 Å². The molecule has 35 heavy (non-hydrogen) atoms. The summed E-state index contributed by atoms with van der Waals surface area (Å²) in [6.45, 7) is 14.8. The van der Waals surface area contributed by atoms with E-state index in [1.54, 1.807) is 36.4 Å². The van der Waals surface area contributed by atoms with Gasteiger partial charge < -0.3 is 0 Å². The van der Waals surface area contributed by atoms with Crippen molar-refractivity contribution in [2.24, 2.45) is 0 Å². The summed E-state index contributed by atoms with van der Waals surface area (Å²) >= 11 is -0.0770. The molecular formula is C31H58S2Sn2. The number of fused-ring (bicyclic) bond motifs is 1. The molecule has 0 saturated heterocycles. The van der Waals surface area contributed by atoms with E-state index in [1.807, 2.05) is 0 Å². The van der Waals surface area contributed by atoms with Crippen molar-refractivity contribution in [2.75, 3.05) is 0 Å². The Morgan fingerprint density at radius 2 is 0.743 bits per heavy atom. The predicted octanol–water partition coefficient (Wildman–Crippen LogP) is 12.4. The van der Waals surface area contributed by atoms with Crippen LogP contribution in [0.5, 0.6) is 0 Å². The first kappa shape index (κ1) is 32.7. The molecule has 1 aliphatic heterocycles. The van der Waals surface area contributed by atoms with Crippen molar-refractivity contribution >= 4 is 60.3 Å². The van der Waals surface area contributed by atoms with Gasteiger partial charge in [0.15, 0.2) is 0 Å². The van der Waals surface area contributed by atoms with Gasteiger partial charge in [-0.05, 0) is 0 Å². The molecule has 2 rings (SSSR count). The van der Waals surface area contributed by atoms with Gasteiger partial charge >= 0.3 is 240 Å².